The SMILES string of the molecule is O=C(Nc1nnc(-c2ccco2)s1)c1cccc2c1OCCO2. The van der Waals surface area contributed by atoms with Crippen molar-refractivity contribution < 1.29 is 18.7 Å². The number of para-hydroxylation sites is 1. The van der Waals surface area contributed by atoms with Crippen LogP contribution in [0.25, 0.3) is 10.8 Å². The van der Waals surface area contributed by atoms with Crippen molar-refractivity contribution >= 4 is 22.4 Å². The minimum atomic E-state index is -0.325. The van der Waals surface area contributed by atoms with E-state index in [0.717, 1.165) is 0 Å². The number of aromatic nitrogens is 2. The Morgan fingerprint density at radius 1 is 1.13 bits per heavy atom. The molecular weight excluding hydrogens is 318 g/mol. The monoisotopic (exact) mass is 329 g/mol. The molecule has 1 amide bonds. The molecule has 1 aliphatic heterocycles. The van der Waals surface area contributed by atoms with E-state index in [1.54, 1.807) is 36.6 Å². The number of anilines is 1. The van der Waals surface area contributed by atoms with Gasteiger partial charge >= 0.3 is 0 Å². The van der Waals surface area contributed by atoms with Crippen molar-refractivity contribution in [3.63, 3.8) is 0 Å². The van der Waals surface area contributed by atoms with E-state index < -0.39 is 0 Å². The van der Waals surface area contributed by atoms with E-state index in [4.69, 9.17) is 13.9 Å². The number of carbonyl (C=O) groups is 1. The van der Waals surface area contributed by atoms with Crippen molar-refractivity contribution in [2.75, 3.05) is 18.5 Å². The maximum Gasteiger partial charge on any atom is 0.261 e. The molecule has 7 nitrogen and oxygen atoms in total. The van der Waals surface area contributed by atoms with Crippen molar-refractivity contribution in [2.24, 2.45) is 0 Å². The number of hydrogen-bond acceptors (Lipinski definition) is 7. The Labute approximate surface area is 134 Å². The molecule has 3 aromatic rings. The van der Waals surface area contributed by atoms with Gasteiger partial charge in [0.05, 0.1) is 11.8 Å². The van der Waals surface area contributed by atoms with Crippen LogP contribution in [0.4, 0.5) is 5.13 Å². The standard InChI is InChI=1S/C15H11N3O4S/c19-13(9-3-1-4-10-12(9)22-8-7-21-10)16-15-18-17-14(23-15)11-5-2-6-20-11/h1-6H,7-8H2,(H,16,18,19). The number of rotatable bonds is 3. The number of fused-ring (bicyclic) bond motifs is 1. The van der Waals surface area contributed by atoms with Crippen molar-refractivity contribution in [1.29, 1.82) is 0 Å². The second-order valence-corrected chi connectivity index (χ2v) is 5.65. The molecule has 2 aromatic heterocycles. The lowest BCUT2D eigenvalue weighted by Gasteiger charge is -2.20. The molecule has 0 unspecified atom stereocenters. The summed E-state index contributed by atoms with van der Waals surface area (Å²) in [4.78, 5) is 12.5. The molecule has 0 bridgehead atoms. The van der Waals surface area contributed by atoms with E-state index in [-0.39, 0.29) is 5.91 Å². The number of nitrogens with one attached hydrogen (secondary N) is 1. The summed E-state index contributed by atoms with van der Waals surface area (Å²) in [7, 11) is 0. The van der Waals surface area contributed by atoms with Gasteiger partial charge in [-0.3, -0.25) is 10.1 Å². The topological polar surface area (TPSA) is 86.5 Å². The predicted molar refractivity (Wildman–Crippen MR) is 83.0 cm³/mol. The summed E-state index contributed by atoms with van der Waals surface area (Å²) in [6, 6.07) is 8.74. The maximum atomic E-state index is 12.5. The summed E-state index contributed by atoms with van der Waals surface area (Å²) in [6.07, 6.45) is 1.56. The summed E-state index contributed by atoms with van der Waals surface area (Å²) in [5.41, 5.74) is 0.400. The van der Waals surface area contributed by atoms with Crippen LogP contribution in [-0.4, -0.2) is 29.3 Å². The Morgan fingerprint density at radius 3 is 2.91 bits per heavy atom. The highest BCUT2D eigenvalue weighted by Crippen LogP contribution is 2.34. The number of furan rings is 1. The van der Waals surface area contributed by atoms with Gasteiger partial charge in [-0.25, -0.2) is 0 Å². The number of carbonyl (C=O) groups excluding carboxylic acids is 1. The van der Waals surface area contributed by atoms with Gasteiger partial charge in [-0.05, 0) is 24.3 Å². The number of nitrogens with zero attached hydrogens (tertiary/aromatic N) is 2. The molecule has 0 aliphatic carbocycles. The van der Waals surface area contributed by atoms with Gasteiger partial charge in [0.15, 0.2) is 22.3 Å². The smallest absolute Gasteiger partial charge is 0.261 e. The second kappa shape index (κ2) is 5.73. The summed E-state index contributed by atoms with van der Waals surface area (Å²) in [6.45, 7) is 0.889. The van der Waals surface area contributed by atoms with Crippen LogP contribution in [0.5, 0.6) is 11.5 Å². The quantitative estimate of drug-likeness (QED) is 0.795. The fourth-order valence-electron chi connectivity index (χ4n) is 2.19. The van der Waals surface area contributed by atoms with Crippen LogP contribution in [0.2, 0.25) is 0 Å². The molecule has 1 N–H and O–H groups in total. The summed E-state index contributed by atoms with van der Waals surface area (Å²) >= 11 is 1.23. The molecule has 0 radical (unpaired) electrons. The largest absolute Gasteiger partial charge is 0.486 e. The highest BCUT2D eigenvalue weighted by Gasteiger charge is 2.21. The first-order valence-electron chi connectivity index (χ1n) is 6.88. The Bertz CT molecular complexity index is 844. The third-order valence-corrected chi connectivity index (χ3v) is 4.04. The minimum absolute atomic E-state index is 0.325. The van der Waals surface area contributed by atoms with E-state index in [9.17, 15) is 4.79 Å². The highest BCUT2D eigenvalue weighted by atomic mass is 32.1. The average molecular weight is 329 g/mol. The van der Waals surface area contributed by atoms with Crippen LogP contribution < -0.4 is 14.8 Å². The third kappa shape index (κ3) is 2.64. The zero-order valence-electron chi connectivity index (χ0n) is 11.8. The first-order chi connectivity index (χ1) is 11.3. The molecule has 4 rings (SSSR count). The molecular formula is C15H11N3O4S. The molecule has 0 saturated heterocycles. The van der Waals surface area contributed by atoms with Crippen molar-refractivity contribution in [2.45, 2.75) is 0 Å². The highest BCUT2D eigenvalue weighted by molar-refractivity contribution is 7.18. The summed E-state index contributed by atoms with van der Waals surface area (Å²) in [5.74, 6) is 1.30. The van der Waals surface area contributed by atoms with Crippen LogP contribution in [0.3, 0.4) is 0 Å². The predicted octanol–water partition coefficient (Wildman–Crippen LogP) is 2.82. The Balaban J connectivity index is 1.57. The first kappa shape index (κ1) is 13.8. The molecule has 0 spiro atoms. The fourth-order valence-corrected chi connectivity index (χ4v) is 2.90. The first-order valence-corrected chi connectivity index (χ1v) is 7.70. The Hall–Kier alpha value is -2.87. The van der Waals surface area contributed by atoms with E-state index in [2.05, 4.69) is 15.5 Å². The minimum Gasteiger partial charge on any atom is -0.486 e. The van der Waals surface area contributed by atoms with Gasteiger partial charge in [-0.2, -0.15) is 0 Å². The fraction of sp³-hybridized carbons (Fsp3) is 0.133. The molecule has 0 fully saturated rings. The van der Waals surface area contributed by atoms with Gasteiger partial charge in [0, 0.05) is 0 Å². The number of ether oxygens (including phenoxy) is 2. The molecule has 1 aromatic carbocycles. The van der Waals surface area contributed by atoms with Crippen molar-refractivity contribution in [3.8, 4) is 22.3 Å². The van der Waals surface area contributed by atoms with Gasteiger partial charge in [-0.15, -0.1) is 10.2 Å². The number of hydrogen-bond donors (Lipinski definition) is 1. The molecule has 8 heteroatoms. The van der Waals surface area contributed by atoms with Crippen LogP contribution >= 0.6 is 11.3 Å². The molecule has 0 atom stereocenters. The maximum absolute atomic E-state index is 12.5. The van der Waals surface area contributed by atoms with Gasteiger partial charge in [-0.1, -0.05) is 17.4 Å². The Kier molecular flexibility index (Phi) is 3.43. The molecule has 3 heterocycles. The molecule has 1 aliphatic rings. The van der Waals surface area contributed by atoms with Gasteiger partial charge in [0.25, 0.3) is 5.91 Å². The van der Waals surface area contributed by atoms with Crippen molar-refractivity contribution in [3.05, 3.63) is 42.2 Å². The van der Waals surface area contributed by atoms with Gasteiger partial charge in [0.2, 0.25) is 5.13 Å². The number of benzene rings is 1. The zero-order chi connectivity index (χ0) is 15.6. The van der Waals surface area contributed by atoms with Crippen LogP contribution in [0.15, 0.2) is 41.0 Å². The van der Waals surface area contributed by atoms with Gasteiger partial charge in [0.1, 0.15) is 13.2 Å². The lowest BCUT2D eigenvalue weighted by atomic mass is 10.1. The van der Waals surface area contributed by atoms with Crippen molar-refractivity contribution in [1.82, 2.24) is 10.2 Å². The Morgan fingerprint density at radius 2 is 2.04 bits per heavy atom. The van der Waals surface area contributed by atoms with E-state index in [0.29, 0.717) is 46.2 Å². The lowest BCUT2D eigenvalue weighted by molar-refractivity contribution is 0.101. The molecule has 0 saturated carbocycles. The molecule has 116 valence electrons. The van der Waals surface area contributed by atoms with Gasteiger partial charge < -0.3 is 13.9 Å². The third-order valence-electron chi connectivity index (χ3n) is 3.19. The summed E-state index contributed by atoms with van der Waals surface area (Å²) < 4.78 is 16.3. The van der Waals surface area contributed by atoms with E-state index in [1.807, 2.05) is 0 Å². The van der Waals surface area contributed by atoms with Crippen LogP contribution in [0, 0.1) is 0 Å². The molecule has 23 heavy (non-hydrogen) atoms. The normalized spacial score (nSPS) is 12.9. The summed E-state index contributed by atoms with van der Waals surface area (Å²) in [5, 5.41) is 11.7. The van der Waals surface area contributed by atoms with Crippen LogP contribution in [0.1, 0.15) is 10.4 Å². The average Bonchev–Trinajstić information content (AvgIpc) is 3.25. The van der Waals surface area contributed by atoms with E-state index in [1.165, 1.54) is 11.3 Å². The second-order valence-electron chi connectivity index (χ2n) is 4.67. The lowest BCUT2D eigenvalue weighted by Crippen LogP contribution is -2.20. The number of amides is 1. The zero-order valence-corrected chi connectivity index (χ0v) is 12.6. The van der Waals surface area contributed by atoms with E-state index >= 15 is 0 Å². The van der Waals surface area contributed by atoms with Crippen LogP contribution in [-0.2, 0) is 0 Å².